The average molecular weight is 469 g/mol. The number of amides is 1. The van der Waals surface area contributed by atoms with Gasteiger partial charge in [0.05, 0.1) is 5.56 Å². The van der Waals surface area contributed by atoms with Crippen molar-refractivity contribution in [3.05, 3.63) is 77.0 Å². The predicted molar refractivity (Wildman–Crippen MR) is 126 cm³/mol. The third-order valence-corrected chi connectivity index (χ3v) is 6.21. The van der Waals surface area contributed by atoms with Crippen LogP contribution in [0.2, 0.25) is 0 Å². The van der Waals surface area contributed by atoms with Gasteiger partial charge in [0.25, 0.3) is 0 Å². The van der Waals surface area contributed by atoms with Crippen molar-refractivity contribution in [3.63, 3.8) is 0 Å². The van der Waals surface area contributed by atoms with Crippen LogP contribution < -0.4 is 4.90 Å². The van der Waals surface area contributed by atoms with Gasteiger partial charge in [0.2, 0.25) is 5.91 Å². The molecule has 4 rings (SSSR count). The summed E-state index contributed by atoms with van der Waals surface area (Å²) in [6.07, 6.45) is -3.25. The number of rotatable bonds is 5. The normalized spacial score (nSPS) is 14.4. The van der Waals surface area contributed by atoms with Gasteiger partial charge in [-0.15, -0.1) is 0 Å². The molecule has 1 aliphatic heterocycles. The van der Waals surface area contributed by atoms with Crippen LogP contribution in [0.25, 0.3) is 11.4 Å². The largest absolute Gasteiger partial charge is 0.416 e. The van der Waals surface area contributed by atoms with E-state index in [0.29, 0.717) is 50.4 Å². The first-order chi connectivity index (χ1) is 16.2. The van der Waals surface area contributed by atoms with E-state index in [9.17, 15) is 18.0 Å². The molecule has 178 valence electrons. The highest BCUT2D eigenvalue weighted by Crippen LogP contribution is 2.32. The van der Waals surface area contributed by atoms with Gasteiger partial charge in [0.15, 0.2) is 5.82 Å². The minimum Gasteiger partial charge on any atom is -0.353 e. The molecule has 1 fully saturated rings. The molecule has 0 saturated carbocycles. The molecule has 5 nitrogen and oxygen atoms in total. The van der Waals surface area contributed by atoms with Crippen molar-refractivity contribution < 1.29 is 18.0 Å². The highest BCUT2D eigenvalue weighted by Gasteiger charge is 2.31. The highest BCUT2D eigenvalue weighted by atomic mass is 19.4. The second-order valence-electron chi connectivity index (χ2n) is 8.51. The number of halogens is 3. The van der Waals surface area contributed by atoms with Crippen molar-refractivity contribution in [1.29, 1.82) is 0 Å². The SMILES string of the molecule is Cc1nc(-c2cccc(C(F)(F)F)c2)nc(N2CCN(C(=O)CCc3ccccc3)CC2)c1C. The smallest absolute Gasteiger partial charge is 0.353 e. The summed E-state index contributed by atoms with van der Waals surface area (Å²) in [5.74, 6) is 1.10. The first-order valence-corrected chi connectivity index (χ1v) is 11.3. The lowest BCUT2D eigenvalue weighted by Gasteiger charge is -2.36. The van der Waals surface area contributed by atoms with E-state index in [0.717, 1.165) is 29.0 Å². The van der Waals surface area contributed by atoms with Crippen LogP contribution in [0.15, 0.2) is 54.6 Å². The number of hydrogen-bond donors (Lipinski definition) is 0. The van der Waals surface area contributed by atoms with Crippen LogP contribution in [0.5, 0.6) is 0 Å². The monoisotopic (exact) mass is 468 g/mol. The molecular formula is C26H27F3N4O. The Balaban J connectivity index is 1.46. The number of benzene rings is 2. The fourth-order valence-corrected chi connectivity index (χ4v) is 4.11. The van der Waals surface area contributed by atoms with Gasteiger partial charge in [-0.25, -0.2) is 9.97 Å². The molecule has 0 radical (unpaired) electrons. The third-order valence-electron chi connectivity index (χ3n) is 6.21. The number of carbonyl (C=O) groups is 1. The molecular weight excluding hydrogens is 441 g/mol. The molecule has 1 saturated heterocycles. The number of aryl methyl sites for hydroxylation is 2. The van der Waals surface area contributed by atoms with Gasteiger partial charge in [0, 0.05) is 49.4 Å². The molecule has 34 heavy (non-hydrogen) atoms. The summed E-state index contributed by atoms with van der Waals surface area (Å²) >= 11 is 0. The minimum absolute atomic E-state index is 0.128. The summed E-state index contributed by atoms with van der Waals surface area (Å²) < 4.78 is 39.5. The molecule has 0 aliphatic carbocycles. The molecule has 0 atom stereocenters. The summed E-state index contributed by atoms with van der Waals surface area (Å²) in [4.78, 5) is 25.7. The molecule has 0 N–H and O–H groups in total. The molecule has 0 bridgehead atoms. The molecule has 0 spiro atoms. The molecule has 3 aromatic rings. The molecule has 8 heteroatoms. The van der Waals surface area contributed by atoms with Gasteiger partial charge in [-0.3, -0.25) is 4.79 Å². The van der Waals surface area contributed by atoms with E-state index in [1.54, 1.807) is 6.07 Å². The summed E-state index contributed by atoms with van der Waals surface area (Å²) in [5, 5.41) is 0. The van der Waals surface area contributed by atoms with E-state index in [2.05, 4.69) is 14.9 Å². The number of alkyl halides is 3. The lowest BCUT2D eigenvalue weighted by atomic mass is 10.1. The van der Waals surface area contributed by atoms with Crippen molar-refractivity contribution in [3.8, 4) is 11.4 Å². The molecule has 1 amide bonds. The maximum atomic E-state index is 13.2. The molecule has 1 aliphatic rings. The lowest BCUT2D eigenvalue weighted by molar-refractivity contribution is -0.137. The topological polar surface area (TPSA) is 49.3 Å². The van der Waals surface area contributed by atoms with Gasteiger partial charge < -0.3 is 9.80 Å². The van der Waals surface area contributed by atoms with Gasteiger partial charge in [0.1, 0.15) is 5.82 Å². The number of anilines is 1. The molecule has 0 unspecified atom stereocenters. The Morgan fingerprint density at radius 1 is 0.941 bits per heavy atom. The fraction of sp³-hybridized carbons (Fsp3) is 0.346. The van der Waals surface area contributed by atoms with Crippen LogP contribution in [0.4, 0.5) is 19.0 Å². The molecule has 1 aromatic heterocycles. The Morgan fingerprint density at radius 2 is 1.65 bits per heavy atom. The minimum atomic E-state index is -4.43. The van der Waals surface area contributed by atoms with E-state index >= 15 is 0 Å². The van der Waals surface area contributed by atoms with Gasteiger partial charge in [-0.1, -0.05) is 42.5 Å². The zero-order valence-corrected chi connectivity index (χ0v) is 19.3. The predicted octanol–water partition coefficient (Wildman–Crippen LogP) is 5.06. The number of hydrogen-bond acceptors (Lipinski definition) is 4. The number of piperazine rings is 1. The second kappa shape index (κ2) is 9.83. The molecule has 2 aromatic carbocycles. The van der Waals surface area contributed by atoms with E-state index < -0.39 is 11.7 Å². The summed E-state index contributed by atoms with van der Waals surface area (Å²) in [7, 11) is 0. The third kappa shape index (κ3) is 5.38. The Hall–Kier alpha value is -3.42. The summed E-state index contributed by atoms with van der Waals surface area (Å²) in [6.45, 7) is 6.12. The van der Waals surface area contributed by atoms with Crippen LogP contribution in [0.3, 0.4) is 0 Å². The number of carbonyl (C=O) groups excluding carboxylic acids is 1. The molecule has 2 heterocycles. The maximum absolute atomic E-state index is 13.2. The van der Waals surface area contributed by atoms with Gasteiger partial charge >= 0.3 is 6.18 Å². The van der Waals surface area contributed by atoms with E-state index in [1.165, 1.54) is 6.07 Å². The van der Waals surface area contributed by atoms with Crippen LogP contribution in [-0.4, -0.2) is 47.0 Å². The Bertz CT molecular complexity index is 1160. The van der Waals surface area contributed by atoms with Crippen molar-refractivity contribution in [2.24, 2.45) is 0 Å². The standard InChI is InChI=1S/C26H27F3N4O/c1-18-19(2)30-24(21-9-6-10-22(17-21)26(27,28)29)31-25(18)33-15-13-32(14-16-33)23(34)12-11-20-7-4-3-5-8-20/h3-10,17H,11-16H2,1-2H3. The average Bonchev–Trinajstić information content (AvgIpc) is 2.84. The van der Waals surface area contributed by atoms with E-state index in [1.807, 2.05) is 49.1 Å². The fourth-order valence-electron chi connectivity index (χ4n) is 4.11. The van der Waals surface area contributed by atoms with Crippen LogP contribution in [0, 0.1) is 13.8 Å². The van der Waals surface area contributed by atoms with Gasteiger partial charge in [-0.2, -0.15) is 13.2 Å². The van der Waals surface area contributed by atoms with Gasteiger partial charge in [-0.05, 0) is 38.0 Å². The van der Waals surface area contributed by atoms with E-state index in [4.69, 9.17) is 0 Å². The quantitative estimate of drug-likeness (QED) is 0.525. The van der Waals surface area contributed by atoms with Crippen molar-refractivity contribution >= 4 is 11.7 Å². The Labute approximate surface area is 197 Å². The van der Waals surface area contributed by atoms with Crippen LogP contribution in [-0.2, 0) is 17.4 Å². The Kier molecular flexibility index (Phi) is 6.86. The zero-order valence-electron chi connectivity index (χ0n) is 19.3. The van der Waals surface area contributed by atoms with Crippen molar-refractivity contribution in [2.45, 2.75) is 32.9 Å². The second-order valence-corrected chi connectivity index (χ2v) is 8.51. The van der Waals surface area contributed by atoms with Crippen LogP contribution in [0.1, 0.15) is 28.8 Å². The Morgan fingerprint density at radius 3 is 2.32 bits per heavy atom. The lowest BCUT2D eigenvalue weighted by Crippen LogP contribution is -2.49. The summed E-state index contributed by atoms with van der Waals surface area (Å²) in [6, 6.07) is 15.0. The maximum Gasteiger partial charge on any atom is 0.416 e. The number of aromatic nitrogens is 2. The highest BCUT2D eigenvalue weighted by molar-refractivity contribution is 5.77. The zero-order chi connectivity index (χ0) is 24.3. The van der Waals surface area contributed by atoms with E-state index in [-0.39, 0.29) is 11.7 Å². The first kappa shape index (κ1) is 23.7. The number of nitrogens with zero attached hydrogens (tertiary/aromatic N) is 4. The van der Waals surface area contributed by atoms with Crippen molar-refractivity contribution in [2.75, 3.05) is 31.1 Å². The summed E-state index contributed by atoms with van der Waals surface area (Å²) in [5.41, 5.74) is 2.35. The van der Waals surface area contributed by atoms with Crippen molar-refractivity contribution in [1.82, 2.24) is 14.9 Å². The first-order valence-electron chi connectivity index (χ1n) is 11.3. The van der Waals surface area contributed by atoms with Crippen LogP contribution >= 0.6 is 0 Å².